The van der Waals surface area contributed by atoms with Crippen molar-refractivity contribution in [3.8, 4) is 0 Å². The number of nitrogens with one attached hydrogen (secondary N) is 2. The molecule has 0 atom stereocenters. The highest BCUT2D eigenvalue weighted by atomic mass is 16.1. The summed E-state index contributed by atoms with van der Waals surface area (Å²) in [5.41, 5.74) is 4.13. The molecule has 2 rings (SSSR count). The zero-order valence-electron chi connectivity index (χ0n) is 14.2. The molecular formula is C20H26N2O. The van der Waals surface area contributed by atoms with E-state index in [-0.39, 0.29) is 5.91 Å². The largest absolute Gasteiger partial charge is 0.385 e. The van der Waals surface area contributed by atoms with Crippen LogP contribution in [-0.4, -0.2) is 12.5 Å². The number of carbonyl (C=O) groups is 1. The van der Waals surface area contributed by atoms with Crippen LogP contribution in [-0.2, 0) is 11.2 Å². The Morgan fingerprint density at radius 1 is 1.00 bits per heavy atom. The zero-order valence-corrected chi connectivity index (χ0v) is 14.2. The van der Waals surface area contributed by atoms with Gasteiger partial charge in [-0.3, -0.25) is 4.79 Å². The predicted molar refractivity (Wildman–Crippen MR) is 97.9 cm³/mol. The Morgan fingerprint density at radius 3 is 2.30 bits per heavy atom. The van der Waals surface area contributed by atoms with Crippen molar-refractivity contribution < 1.29 is 4.79 Å². The minimum atomic E-state index is 0.0137. The number of benzene rings is 2. The number of amides is 1. The molecule has 0 unspecified atom stereocenters. The second kappa shape index (κ2) is 8.37. The van der Waals surface area contributed by atoms with Crippen molar-refractivity contribution in [1.29, 1.82) is 0 Å². The van der Waals surface area contributed by atoms with Gasteiger partial charge in [0.2, 0.25) is 5.91 Å². The summed E-state index contributed by atoms with van der Waals surface area (Å²) in [6.45, 7) is 7.43. The SMILES string of the molecule is Cc1ccccc1CC(=O)Nc1ccc(NCCC(C)C)cc1. The maximum atomic E-state index is 12.1. The quantitative estimate of drug-likeness (QED) is 0.782. The van der Waals surface area contributed by atoms with Gasteiger partial charge < -0.3 is 10.6 Å². The van der Waals surface area contributed by atoms with Crippen molar-refractivity contribution in [1.82, 2.24) is 0 Å². The minimum Gasteiger partial charge on any atom is -0.385 e. The van der Waals surface area contributed by atoms with Crippen molar-refractivity contribution in [2.24, 2.45) is 5.92 Å². The molecule has 0 bridgehead atoms. The summed E-state index contributed by atoms with van der Waals surface area (Å²) in [4.78, 5) is 12.1. The van der Waals surface area contributed by atoms with Crippen molar-refractivity contribution in [2.45, 2.75) is 33.6 Å². The first-order valence-corrected chi connectivity index (χ1v) is 8.23. The fraction of sp³-hybridized carbons (Fsp3) is 0.350. The van der Waals surface area contributed by atoms with Crippen LogP contribution in [0, 0.1) is 12.8 Å². The molecule has 0 aliphatic heterocycles. The fourth-order valence-corrected chi connectivity index (χ4v) is 2.36. The molecular weight excluding hydrogens is 284 g/mol. The first-order valence-electron chi connectivity index (χ1n) is 8.23. The predicted octanol–water partition coefficient (Wildman–Crippen LogP) is 4.63. The van der Waals surface area contributed by atoms with E-state index in [0.717, 1.165) is 35.5 Å². The van der Waals surface area contributed by atoms with Gasteiger partial charge in [0.25, 0.3) is 0 Å². The average Bonchev–Trinajstić information content (AvgIpc) is 2.51. The van der Waals surface area contributed by atoms with Gasteiger partial charge in [-0.2, -0.15) is 0 Å². The van der Waals surface area contributed by atoms with Gasteiger partial charge in [-0.05, 0) is 54.7 Å². The first kappa shape index (κ1) is 17.1. The zero-order chi connectivity index (χ0) is 16.7. The van der Waals surface area contributed by atoms with Crippen LogP contribution in [0.2, 0.25) is 0 Å². The smallest absolute Gasteiger partial charge is 0.228 e. The molecule has 0 spiro atoms. The van der Waals surface area contributed by atoms with E-state index in [2.05, 4.69) is 24.5 Å². The highest BCUT2D eigenvalue weighted by molar-refractivity contribution is 5.92. The van der Waals surface area contributed by atoms with Crippen LogP contribution in [0.25, 0.3) is 0 Å². The Morgan fingerprint density at radius 2 is 1.65 bits per heavy atom. The van der Waals surface area contributed by atoms with Crippen molar-refractivity contribution >= 4 is 17.3 Å². The Kier molecular flexibility index (Phi) is 6.21. The molecule has 1 amide bonds. The summed E-state index contributed by atoms with van der Waals surface area (Å²) < 4.78 is 0. The average molecular weight is 310 g/mol. The molecule has 0 radical (unpaired) electrons. The first-order chi connectivity index (χ1) is 11.0. The third-order valence-electron chi connectivity index (χ3n) is 3.83. The molecule has 0 saturated heterocycles. The number of carbonyl (C=O) groups excluding carboxylic acids is 1. The van der Waals surface area contributed by atoms with Gasteiger partial charge in [0.15, 0.2) is 0 Å². The molecule has 2 aromatic carbocycles. The van der Waals surface area contributed by atoms with Crippen LogP contribution in [0.1, 0.15) is 31.4 Å². The van der Waals surface area contributed by atoms with Crippen LogP contribution in [0.15, 0.2) is 48.5 Å². The third-order valence-corrected chi connectivity index (χ3v) is 3.83. The van der Waals surface area contributed by atoms with Crippen LogP contribution < -0.4 is 10.6 Å². The molecule has 3 heteroatoms. The third kappa shape index (κ3) is 5.78. The number of aryl methyl sites for hydroxylation is 1. The lowest BCUT2D eigenvalue weighted by Gasteiger charge is -2.10. The highest BCUT2D eigenvalue weighted by Gasteiger charge is 2.06. The van der Waals surface area contributed by atoms with Crippen LogP contribution >= 0.6 is 0 Å². The summed E-state index contributed by atoms with van der Waals surface area (Å²) >= 11 is 0. The lowest BCUT2D eigenvalue weighted by molar-refractivity contribution is -0.115. The Hall–Kier alpha value is -2.29. The summed E-state index contributed by atoms with van der Waals surface area (Å²) in [7, 11) is 0. The van der Waals surface area contributed by atoms with E-state index in [9.17, 15) is 4.79 Å². The lowest BCUT2D eigenvalue weighted by atomic mass is 10.1. The molecule has 2 N–H and O–H groups in total. The van der Waals surface area contributed by atoms with E-state index in [1.54, 1.807) is 0 Å². The molecule has 3 nitrogen and oxygen atoms in total. The molecule has 23 heavy (non-hydrogen) atoms. The van der Waals surface area contributed by atoms with Gasteiger partial charge in [-0.25, -0.2) is 0 Å². The van der Waals surface area contributed by atoms with Gasteiger partial charge >= 0.3 is 0 Å². The number of hydrogen-bond acceptors (Lipinski definition) is 2. The normalized spacial score (nSPS) is 10.6. The molecule has 0 aliphatic rings. The number of hydrogen-bond donors (Lipinski definition) is 2. The molecule has 0 heterocycles. The Labute approximate surface area is 139 Å². The van der Waals surface area contributed by atoms with Gasteiger partial charge in [-0.1, -0.05) is 38.1 Å². The molecule has 0 aliphatic carbocycles. The monoisotopic (exact) mass is 310 g/mol. The van der Waals surface area contributed by atoms with Gasteiger partial charge in [0.05, 0.1) is 6.42 Å². The summed E-state index contributed by atoms with van der Waals surface area (Å²) in [5, 5.41) is 6.34. The molecule has 2 aromatic rings. The van der Waals surface area contributed by atoms with E-state index < -0.39 is 0 Å². The van der Waals surface area contributed by atoms with Crippen LogP contribution in [0.5, 0.6) is 0 Å². The van der Waals surface area contributed by atoms with E-state index >= 15 is 0 Å². The summed E-state index contributed by atoms with van der Waals surface area (Å²) in [6, 6.07) is 15.9. The summed E-state index contributed by atoms with van der Waals surface area (Å²) in [5.74, 6) is 0.710. The second-order valence-electron chi connectivity index (χ2n) is 6.34. The van der Waals surface area contributed by atoms with E-state index in [0.29, 0.717) is 12.3 Å². The van der Waals surface area contributed by atoms with Crippen LogP contribution in [0.3, 0.4) is 0 Å². The maximum Gasteiger partial charge on any atom is 0.228 e. The number of anilines is 2. The topological polar surface area (TPSA) is 41.1 Å². The second-order valence-corrected chi connectivity index (χ2v) is 6.34. The lowest BCUT2D eigenvalue weighted by Crippen LogP contribution is -2.15. The van der Waals surface area contributed by atoms with Crippen molar-refractivity contribution in [2.75, 3.05) is 17.2 Å². The molecule has 0 saturated carbocycles. The summed E-state index contributed by atoms with van der Waals surface area (Å²) in [6.07, 6.45) is 1.55. The minimum absolute atomic E-state index is 0.0137. The van der Waals surface area contributed by atoms with E-state index in [1.165, 1.54) is 0 Å². The van der Waals surface area contributed by atoms with Crippen molar-refractivity contribution in [3.05, 3.63) is 59.7 Å². The molecule has 122 valence electrons. The fourth-order valence-electron chi connectivity index (χ4n) is 2.36. The molecule has 0 aromatic heterocycles. The van der Waals surface area contributed by atoms with Crippen molar-refractivity contribution in [3.63, 3.8) is 0 Å². The van der Waals surface area contributed by atoms with Crippen LogP contribution in [0.4, 0.5) is 11.4 Å². The number of rotatable bonds is 7. The van der Waals surface area contributed by atoms with Gasteiger partial charge in [0, 0.05) is 17.9 Å². The Balaban J connectivity index is 1.85. The molecule has 0 fully saturated rings. The highest BCUT2D eigenvalue weighted by Crippen LogP contribution is 2.15. The van der Waals surface area contributed by atoms with E-state index in [1.807, 2.05) is 55.5 Å². The Bertz CT molecular complexity index is 632. The van der Waals surface area contributed by atoms with E-state index in [4.69, 9.17) is 0 Å². The van der Waals surface area contributed by atoms with Gasteiger partial charge in [-0.15, -0.1) is 0 Å². The maximum absolute atomic E-state index is 12.1. The van der Waals surface area contributed by atoms with Gasteiger partial charge in [0.1, 0.15) is 0 Å². The standard InChI is InChI=1S/C20H26N2O/c1-15(2)12-13-21-18-8-10-19(11-9-18)22-20(23)14-17-7-5-4-6-16(17)3/h4-11,15,21H,12-14H2,1-3H3,(H,22,23).